The Labute approximate surface area is 95.5 Å². The number of nitrogens with one attached hydrogen (secondary N) is 1. The van der Waals surface area contributed by atoms with Crippen LogP contribution in [0.4, 0.5) is 0 Å². The molecule has 16 heavy (non-hydrogen) atoms. The Morgan fingerprint density at radius 2 is 2.31 bits per heavy atom. The van der Waals surface area contributed by atoms with E-state index < -0.39 is 5.97 Å². The van der Waals surface area contributed by atoms with Gasteiger partial charge in [-0.15, -0.1) is 0 Å². The molecule has 1 aliphatic rings. The molecule has 0 bridgehead atoms. The highest BCUT2D eigenvalue weighted by Crippen LogP contribution is 2.16. The van der Waals surface area contributed by atoms with Crippen LogP contribution in [0.15, 0.2) is 0 Å². The molecule has 1 N–H and O–H groups in total. The average molecular weight is 229 g/mol. The van der Waals surface area contributed by atoms with Gasteiger partial charge in [-0.3, -0.25) is 9.59 Å². The number of amides is 1. The highest BCUT2D eigenvalue weighted by Gasteiger charge is 2.16. The fraction of sp³-hybridized carbons (Fsp3) is 0.818. The molecular formula is C11H19NO4. The van der Waals surface area contributed by atoms with Crippen molar-refractivity contribution in [1.82, 2.24) is 5.32 Å². The highest BCUT2D eigenvalue weighted by atomic mass is 16.5. The molecule has 92 valence electrons. The summed E-state index contributed by atoms with van der Waals surface area (Å²) < 4.78 is 10.1. The van der Waals surface area contributed by atoms with Gasteiger partial charge in [0.05, 0.1) is 12.7 Å². The van der Waals surface area contributed by atoms with Crippen LogP contribution in [-0.2, 0) is 19.1 Å². The first kappa shape index (κ1) is 13.0. The third-order valence-electron chi connectivity index (χ3n) is 2.45. The summed E-state index contributed by atoms with van der Waals surface area (Å²) in [4.78, 5) is 22.3. The van der Waals surface area contributed by atoms with Crippen LogP contribution in [0.1, 0.15) is 32.6 Å². The second-order valence-corrected chi connectivity index (χ2v) is 3.76. The fourth-order valence-corrected chi connectivity index (χ4v) is 1.64. The minimum atomic E-state index is -0.395. The van der Waals surface area contributed by atoms with Gasteiger partial charge in [-0.05, 0) is 26.2 Å². The molecule has 5 heteroatoms. The van der Waals surface area contributed by atoms with E-state index >= 15 is 0 Å². The van der Waals surface area contributed by atoms with Crippen LogP contribution in [0, 0.1) is 0 Å². The summed E-state index contributed by atoms with van der Waals surface area (Å²) in [6.45, 7) is 2.83. The summed E-state index contributed by atoms with van der Waals surface area (Å²) in [7, 11) is 0. The van der Waals surface area contributed by atoms with Crippen LogP contribution >= 0.6 is 0 Å². The summed E-state index contributed by atoms with van der Waals surface area (Å²) in [6, 6.07) is 0. The van der Waals surface area contributed by atoms with Gasteiger partial charge in [0.2, 0.25) is 5.91 Å². The first-order valence-corrected chi connectivity index (χ1v) is 5.76. The van der Waals surface area contributed by atoms with Crippen molar-refractivity contribution in [2.24, 2.45) is 0 Å². The largest absolute Gasteiger partial charge is 0.465 e. The van der Waals surface area contributed by atoms with Crippen molar-refractivity contribution in [3.63, 3.8) is 0 Å². The van der Waals surface area contributed by atoms with E-state index in [1.165, 1.54) is 0 Å². The molecule has 1 fully saturated rings. The second-order valence-electron chi connectivity index (χ2n) is 3.76. The van der Waals surface area contributed by atoms with E-state index in [1.807, 2.05) is 0 Å². The van der Waals surface area contributed by atoms with Crippen molar-refractivity contribution in [2.45, 2.75) is 38.7 Å². The van der Waals surface area contributed by atoms with Crippen molar-refractivity contribution < 1.29 is 19.1 Å². The predicted molar refractivity (Wildman–Crippen MR) is 57.9 cm³/mol. The van der Waals surface area contributed by atoms with Crippen LogP contribution in [0.25, 0.3) is 0 Å². The summed E-state index contributed by atoms with van der Waals surface area (Å²) in [5.41, 5.74) is 0. The molecule has 0 radical (unpaired) electrons. The molecule has 0 saturated carbocycles. The molecule has 0 aromatic heterocycles. The molecule has 5 nitrogen and oxygen atoms in total. The van der Waals surface area contributed by atoms with E-state index in [1.54, 1.807) is 6.92 Å². The van der Waals surface area contributed by atoms with E-state index in [0.29, 0.717) is 13.0 Å². The smallest absolute Gasteiger partial charge is 0.325 e. The van der Waals surface area contributed by atoms with E-state index in [-0.39, 0.29) is 18.6 Å². The normalized spacial score (nSPS) is 19.4. The van der Waals surface area contributed by atoms with Gasteiger partial charge in [0.15, 0.2) is 0 Å². The first-order chi connectivity index (χ1) is 7.72. The molecule has 1 rings (SSSR count). The average Bonchev–Trinajstić information content (AvgIpc) is 2.77. The lowest BCUT2D eigenvalue weighted by atomic mass is 10.1. The first-order valence-electron chi connectivity index (χ1n) is 5.76. The monoisotopic (exact) mass is 229 g/mol. The number of rotatable bonds is 6. The van der Waals surface area contributed by atoms with E-state index in [9.17, 15) is 9.59 Å². The van der Waals surface area contributed by atoms with Gasteiger partial charge < -0.3 is 14.8 Å². The maximum absolute atomic E-state index is 11.3. The van der Waals surface area contributed by atoms with E-state index in [0.717, 1.165) is 25.9 Å². The van der Waals surface area contributed by atoms with Crippen molar-refractivity contribution in [1.29, 1.82) is 0 Å². The number of ether oxygens (including phenoxy) is 2. The van der Waals surface area contributed by atoms with Crippen LogP contribution in [-0.4, -0.2) is 37.7 Å². The number of hydrogen-bond donors (Lipinski definition) is 1. The lowest BCUT2D eigenvalue weighted by Gasteiger charge is -2.08. The number of hydrogen-bond acceptors (Lipinski definition) is 4. The summed E-state index contributed by atoms with van der Waals surface area (Å²) in [5.74, 6) is -0.517. The SMILES string of the molecule is CCOC(=O)CNC(=O)CC[C@@H]1CCCO1. The zero-order valence-corrected chi connectivity index (χ0v) is 9.66. The minimum Gasteiger partial charge on any atom is -0.465 e. The molecule has 0 aromatic rings. The maximum atomic E-state index is 11.3. The number of carbonyl (C=O) groups is 2. The van der Waals surface area contributed by atoms with Crippen LogP contribution in [0.2, 0.25) is 0 Å². The third-order valence-corrected chi connectivity index (χ3v) is 2.45. The Balaban J connectivity index is 2.04. The standard InChI is InChI=1S/C11H19NO4/c1-2-15-11(14)8-12-10(13)6-5-9-4-3-7-16-9/h9H,2-8H2,1H3,(H,12,13)/t9-/m0/s1. The quantitative estimate of drug-likeness (QED) is 0.678. The van der Waals surface area contributed by atoms with E-state index in [2.05, 4.69) is 5.32 Å². The Hall–Kier alpha value is -1.10. The van der Waals surface area contributed by atoms with Gasteiger partial charge >= 0.3 is 5.97 Å². The van der Waals surface area contributed by atoms with E-state index in [4.69, 9.17) is 9.47 Å². The molecule has 0 aliphatic carbocycles. The molecule has 1 saturated heterocycles. The molecule has 1 aliphatic heterocycles. The van der Waals surface area contributed by atoms with Crippen molar-refractivity contribution in [2.75, 3.05) is 19.8 Å². The Morgan fingerprint density at radius 3 is 2.94 bits per heavy atom. The summed E-state index contributed by atoms with van der Waals surface area (Å²) in [5, 5.41) is 2.52. The predicted octanol–water partition coefficient (Wildman–Crippen LogP) is 0.625. The summed E-state index contributed by atoms with van der Waals surface area (Å²) in [6.07, 6.45) is 3.47. The van der Waals surface area contributed by atoms with Crippen molar-refractivity contribution in [3.05, 3.63) is 0 Å². The van der Waals surface area contributed by atoms with Crippen molar-refractivity contribution in [3.8, 4) is 0 Å². The molecular weight excluding hydrogens is 210 g/mol. The summed E-state index contributed by atoms with van der Waals surface area (Å²) >= 11 is 0. The van der Waals surface area contributed by atoms with Crippen molar-refractivity contribution >= 4 is 11.9 Å². The molecule has 0 aromatic carbocycles. The van der Waals surface area contributed by atoms with Gasteiger partial charge in [-0.1, -0.05) is 0 Å². The van der Waals surface area contributed by atoms with Gasteiger partial charge in [0, 0.05) is 13.0 Å². The Morgan fingerprint density at radius 1 is 1.50 bits per heavy atom. The van der Waals surface area contributed by atoms with Crippen LogP contribution in [0.3, 0.4) is 0 Å². The third kappa shape index (κ3) is 5.11. The van der Waals surface area contributed by atoms with Crippen LogP contribution in [0.5, 0.6) is 0 Å². The van der Waals surface area contributed by atoms with Gasteiger partial charge in [-0.25, -0.2) is 0 Å². The van der Waals surface area contributed by atoms with Gasteiger partial charge in [-0.2, -0.15) is 0 Å². The number of esters is 1. The highest BCUT2D eigenvalue weighted by molar-refractivity contribution is 5.81. The molecule has 1 atom stereocenters. The Kier molecular flexibility index (Phi) is 5.85. The minimum absolute atomic E-state index is 0.0435. The molecule has 1 heterocycles. The maximum Gasteiger partial charge on any atom is 0.325 e. The zero-order valence-electron chi connectivity index (χ0n) is 9.66. The lowest BCUT2D eigenvalue weighted by molar-refractivity contribution is -0.143. The molecule has 0 unspecified atom stereocenters. The zero-order chi connectivity index (χ0) is 11.8. The topological polar surface area (TPSA) is 64.6 Å². The lowest BCUT2D eigenvalue weighted by Crippen LogP contribution is -2.31. The van der Waals surface area contributed by atoms with Gasteiger partial charge in [0.1, 0.15) is 6.54 Å². The van der Waals surface area contributed by atoms with Crippen LogP contribution < -0.4 is 5.32 Å². The fourth-order valence-electron chi connectivity index (χ4n) is 1.64. The molecule has 1 amide bonds. The second kappa shape index (κ2) is 7.22. The van der Waals surface area contributed by atoms with Gasteiger partial charge in [0.25, 0.3) is 0 Å². The molecule has 0 spiro atoms. The number of carbonyl (C=O) groups excluding carboxylic acids is 2. The Bertz CT molecular complexity index is 236.